The van der Waals surface area contributed by atoms with Crippen LogP contribution in [-0.2, 0) is 4.79 Å². The van der Waals surface area contributed by atoms with Crippen LogP contribution < -0.4 is 10.2 Å². The first-order valence-electron chi connectivity index (χ1n) is 7.16. The normalized spacial score (nSPS) is 11.1. The van der Waals surface area contributed by atoms with Gasteiger partial charge >= 0.3 is 0 Å². The molecule has 0 radical (unpaired) electrons. The minimum atomic E-state index is -0.321. The van der Waals surface area contributed by atoms with Crippen LogP contribution in [0.1, 0.15) is 36.8 Å². The van der Waals surface area contributed by atoms with Crippen LogP contribution in [0.5, 0.6) is 5.75 Å². The second-order valence-corrected chi connectivity index (χ2v) is 5.22. The second kappa shape index (κ2) is 7.45. The van der Waals surface area contributed by atoms with E-state index in [2.05, 4.69) is 24.4 Å². The molecule has 0 atom stereocenters. The summed E-state index contributed by atoms with van der Waals surface area (Å²) in [6, 6.07) is 11.3. The van der Waals surface area contributed by atoms with Gasteiger partial charge in [0.25, 0.3) is 5.91 Å². The van der Waals surface area contributed by atoms with Gasteiger partial charge in [-0.3, -0.25) is 4.79 Å². The Morgan fingerprint density at radius 1 is 1.32 bits per heavy atom. The summed E-state index contributed by atoms with van der Waals surface area (Å²) in [5, 5.41) is 3.83. The first-order valence-corrected chi connectivity index (χ1v) is 7.16. The van der Waals surface area contributed by atoms with Crippen LogP contribution >= 0.6 is 0 Å². The molecule has 2 rings (SSSR count). The molecule has 22 heavy (non-hydrogen) atoms. The molecule has 0 bridgehead atoms. The average molecular weight is 300 g/mol. The van der Waals surface area contributed by atoms with E-state index < -0.39 is 0 Å². The molecule has 0 aliphatic heterocycles. The van der Waals surface area contributed by atoms with E-state index in [-0.39, 0.29) is 12.5 Å². The first kappa shape index (κ1) is 15.8. The summed E-state index contributed by atoms with van der Waals surface area (Å²) in [7, 11) is 0. The van der Waals surface area contributed by atoms with Crippen molar-refractivity contribution in [3.63, 3.8) is 0 Å². The first-order chi connectivity index (χ1) is 10.6. The van der Waals surface area contributed by atoms with Gasteiger partial charge in [-0.2, -0.15) is 5.10 Å². The van der Waals surface area contributed by atoms with Crippen molar-refractivity contribution in [1.29, 1.82) is 0 Å². The van der Waals surface area contributed by atoms with E-state index in [4.69, 9.17) is 9.15 Å². The molecule has 0 aliphatic rings. The molecule has 1 N–H and O–H groups in total. The maximum atomic E-state index is 11.7. The molecule has 2 aromatic rings. The molecule has 116 valence electrons. The number of benzene rings is 1. The number of hydrazone groups is 1. The van der Waals surface area contributed by atoms with Crippen molar-refractivity contribution in [2.75, 3.05) is 6.61 Å². The predicted octanol–water partition coefficient (Wildman–Crippen LogP) is 3.24. The molecule has 1 amide bonds. The van der Waals surface area contributed by atoms with E-state index in [9.17, 15) is 4.79 Å². The molecule has 0 unspecified atom stereocenters. The Bertz CT molecular complexity index is 659. The SMILES string of the molecule is Cc1ccc(C=NNC(=O)COc2ccccc2C(C)C)o1. The molecule has 0 fully saturated rings. The molecular weight excluding hydrogens is 280 g/mol. The van der Waals surface area contributed by atoms with Crippen molar-refractivity contribution in [3.05, 3.63) is 53.5 Å². The Morgan fingerprint density at radius 2 is 2.09 bits per heavy atom. The molecule has 0 aliphatic carbocycles. The van der Waals surface area contributed by atoms with Gasteiger partial charge in [-0.15, -0.1) is 0 Å². The molecule has 1 aromatic heterocycles. The highest BCUT2D eigenvalue weighted by Gasteiger charge is 2.08. The van der Waals surface area contributed by atoms with Crippen LogP contribution in [-0.4, -0.2) is 18.7 Å². The standard InChI is InChI=1S/C17H20N2O3/c1-12(2)15-6-4-5-7-16(15)21-11-17(20)19-18-10-14-9-8-13(3)22-14/h4-10,12H,11H2,1-3H3,(H,19,20). The van der Waals surface area contributed by atoms with Gasteiger partial charge in [-0.05, 0) is 36.6 Å². The summed E-state index contributed by atoms with van der Waals surface area (Å²) in [5.74, 6) is 2.11. The van der Waals surface area contributed by atoms with Crippen molar-refractivity contribution < 1.29 is 13.9 Å². The van der Waals surface area contributed by atoms with Gasteiger partial charge in [0.15, 0.2) is 6.61 Å². The van der Waals surface area contributed by atoms with Crippen molar-refractivity contribution in [1.82, 2.24) is 5.43 Å². The number of rotatable bonds is 6. The summed E-state index contributed by atoms with van der Waals surface area (Å²) < 4.78 is 10.9. The number of nitrogens with zero attached hydrogens (tertiary/aromatic N) is 1. The molecule has 0 spiro atoms. The lowest BCUT2D eigenvalue weighted by Gasteiger charge is -2.12. The van der Waals surface area contributed by atoms with Crippen molar-refractivity contribution in [3.8, 4) is 5.75 Å². The highest BCUT2D eigenvalue weighted by Crippen LogP contribution is 2.25. The van der Waals surface area contributed by atoms with Gasteiger partial charge in [-0.25, -0.2) is 5.43 Å². The number of ether oxygens (including phenoxy) is 1. The summed E-state index contributed by atoms with van der Waals surface area (Å²) >= 11 is 0. The highest BCUT2D eigenvalue weighted by molar-refractivity contribution is 5.81. The Morgan fingerprint density at radius 3 is 2.77 bits per heavy atom. The Hall–Kier alpha value is -2.56. The molecular formula is C17H20N2O3. The number of amides is 1. The van der Waals surface area contributed by atoms with Gasteiger partial charge in [0.2, 0.25) is 0 Å². The number of aryl methyl sites for hydroxylation is 1. The third-order valence-corrected chi connectivity index (χ3v) is 3.04. The second-order valence-electron chi connectivity index (χ2n) is 5.22. The monoisotopic (exact) mass is 300 g/mol. The van der Waals surface area contributed by atoms with Crippen LogP contribution in [0, 0.1) is 6.92 Å². The molecule has 1 aromatic carbocycles. The van der Waals surface area contributed by atoms with E-state index in [1.807, 2.05) is 37.3 Å². The molecule has 5 heteroatoms. The maximum Gasteiger partial charge on any atom is 0.277 e. The van der Waals surface area contributed by atoms with Gasteiger partial charge in [0.05, 0.1) is 6.21 Å². The summed E-state index contributed by atoms with van der Waals surface area (Å²) in [6.45, 7) is 5.92. The number of para-hydroxylation sites is 1. The highest BCUT2D eigenvalue weighted by atomic mass is 16.5. The average Bonchev–Trinajstić information content (AvgIpc) is 2.91. The molecule has 1 heterocycles. The lowest BCUT2D eigenvalue weighted by molar-refractivity contribution is -0.123. The third kappa shape index (κ3) is 4.48. The molecule has 0 saturated carbocycles. The predicted molar refractivity (Wildman–Crippen MR) is 85.2 cm³/mol. The minimum Gasteiger partial charge on any atom is -0.483 e. The van der Waals surface area contributed by atoms with Crippen molar-refractivity contribution in [2.24, 2.45) is 5.10 Å². The number of carbonyl (C=O) groups excluding carboxylic acids is 1. The van der Waals surface area contributed by atoms with Gasteiger partial charge in [-0.1, -0.05) is 32.0 Å². The van der Waals surface area contributed by atoms with Crippen LogP contribution in [0.3, 0.4) is 0 Å². The van der Waals surface area contributed by atoms with Crippen LogP contribution in [0.4, 0.5) is 0 Å². The lowest BCUT2D eigenvalue weighted by Crippen LogP contribution is -2.24. The van der Waals surface area contributed by atoms with Gasteiger partial charge in [0.1, 0.15) is 17.3 Å². The Balaban J connectivity index is 1.84. The topological polar surface area (TPSA) is 63.8 Å². The van der Waals surface area contributed by atoms with Gasteiger partial charge in [0, 0.05) is 0 Å². The Kier molecular flexibility index (Phi) is 5.36. The fraction of sp³-hybridized carbons (Fsp3) is 0.294. The number of hydrogen-bond acceptors (Lipinski definition) is 4. The van der Waals surface area contributed by atoms with Crippen LogP contribution in [0.2, 0.25) is 0 Å². The van der Waals surface area contributed by atoms with Crippen molar-refractivity contribution in [2.45, 2.75) is 26.7 Å². The van der Waals surface area contributed by atoms with Crippen LogP contribution in [0.15, 0.2) is 45.9 Å². The largest absolute Gasteiger partial charge is 0.483 e. The minimum absolute atomic E-state index is 0.0851. The quantitative estimate of drug-likeness (QED) is 0.658. The van der Waals surface area contributed by atoms with E-state index in [1.165, 1.54) is 6.21 Å². The number of nitrogens with one attached hydrogen (secondary N) is 1. The zero-order chi connectivity index (χ0) is 15.9. The molecule has 5 nitrogen and oxygen atoms in total. The summed E-state index contributed by atoms with van der Waals surface area (Å²) in [4.78, 5) is 11.7. The van der Waals surface area contributed by atoms with E-state index in [1.54, 1.807) is 6.07 Å². The van der Waals surface area contributed by atoms with Gasteiger partial charge < -0.3 is 9.15 Å². The number of hydrogen-bond donors (Lipinski definition) is 1. The lowest BCUT2D eigenvalue weighted by atomic mass is 10.0. The summed E-state index contributed by atoms with van der Waals surface area (Å²) in [6.07, 6.45) is 1.45. The smallest absolute Gasteiger partial charge is 0.277 e. The summed E-state index contributed by atoms with van der Waals surface area (Å²) in [5.41, 5.74) is 3.48. The van der Waals surface area contributed by atoms with E-state index in [0.29, 0.717) is 11.7 Å². The number of furan rings is 1. The zero-order valence-corrected chi connectivity index (χ0v) is 13.0. The zero-order valence-electron chi connectivity index (χ0n) is 13.0. The fourth-order valence-electron chi connectivity index (χ4n) is 1.96. The maximum absolute atomic E-state index is 11.7. The number of carbonyl (C=O) groups is 1. The molecule has 0 saturated heterocycles. The van der Waals surface area contributed by atoms with E-state index in [0.717, 1.165) is 17.1 Å². The Labute approximate surface area is 130 Å². The van der Waals surface area contributed by atoms with Crippen LogP contribution in [0.25, 0.3) is 0 Å². The fourth-order valence-corrected chi connectivity index (χ4v) is 1.96. The van der Waals surface area contributed by atoms with E-state index >= 15 is 0 Å². The van der Waals surface area contributed by atoms with Crippen molar-refractivity contribution >= 4 is 12.1 Å². The third-order valence-electron chi connectivity index (χ3n) is 3.04.